The summed E-state index contributed by atoms with van der Waals surface area (Å²) in [5, 5.41) is 15.7. The maximum atomic E-state index is 8.83. The van der Waals surface area contributed by atoms with E-state index in [2.05, 4.69) is 38.3 Å². The highest BCUT2D eigenvalue weighted by molar-refractivity contribution is 4.70. The predicted octanol–water partition coefficient (Wildman–Crippen LogP) is 1.37. The SMILES string of the molecule is CC(CO)CCCNCCNC(C)(C)C. The molecule has 3 heteroatoms. The third-order valence-corrected chi connectivity index (χ3v) is 2.32. The first-order valence-corrected chi connectivity index (χ1v) is 6.02. The number of nitrogens with one attached hydrogen (secondary N) is 2. The molecule has 92 valence electrons. The van der Waals surface area contributed by atoms with Crippen LogP contribution in [0.3, 0.4) is 0 Å². The molecule has 0 saturated carbocycles. The molecule has 0 aromatic carbocycles. The lowest BCUT2D eigenvalue weighted by Crippen LogP contribution is -2.40. The first kappa shape index (κ1) is 14.9. The van der Waals surface area contributed by atoms with Gasteiger partial charge in [-0.15, -0.1) is 0 Å². The molecule has 0 amide bonds. The maximum absolute atomic E-state index is 8.83. The summed E-state index contributed by atoms with van der Waals surface area (Å²) >= 11 is 0. The van der Waals surface area contributed by atoms with Crippen molar-refractivity contribution in [2.24, 2.45) is 5.92 Å². The van der Waals surface area contributed by atoms with Crippen molar-refractivity contribution < 1.29 is 5.11 Å². The Morgan fingerprint density at radius 2 is 1.80 bits per heavy atom. The second-order valence-electron chi connectivity index (χ2n) is 5.36. The summed E-state index contributed by atoms with van der Waals surface area (Å²) < 4.78 is 0. The van der Waals surface area contributed by atoms with Gasteiger partial charge in [-0.05, 0) is 46.1 Å². The molecule has 0 aliphatic carbocycles. The summed E-state index contributed by atoms with van der Waals surface area (Å²) in [4.78, 5) is 0. The molecule has 0 heterocycles. The van der Waals surface area contributed by atoms with E-state index in [1.807, 2.05) is 0 Å². The minimum absolute atomic E-state index is 0.215. The van der Waals surface area contributed by atoms with Crippen LogP contribution in [0, 0.1) is 5.92 Å². The van der Waals surface area contributed by atoms with Crippen molar-refractivity contribution in [3.63, 3.8) is 0 Å². The first-order valence-electron chi connectivity index (χ1n) is 6.02. The number of aliphatic hydroxyl groups excluding tert-OH is 1. The smallest absolute Gasteiger partial charge is 0.0456 e. The molecule has 1 unspecified atom stereocenters. The minimum atomic E-state index is 0.215. The molecule has 0 aliphatic rings. The zero-order valence-corrected chi connectivity index (χ0v) is 10.8. The summed E-state index contributed by atoms with van der Waals surface area (Å²) in [5.41, 5.74) is 0.215. The fraction of sp³-hybridized carbons (Fsp3) is 1.00. The Kier molecular flexibility index (Phi) is 8.02. The van der Waals surface area contributed by atoms with Crippen molar-refractivity contribution in [2.45, 2.75) is 46.1 Å². The largest absolute Gasteiger partial charge is 0.396 e. The Hall–Kier alpha value is -0.120. The van der Waals surface area contributed by atoms with Gasteiger partial charge in [0.05, 0.1) is 0 Å². The number of rotatable bonds is 8. The van der Waals surface area contributed by atoms with Gasteiger partial charge in [-0.25, -0.2) is 0 Å². The number of hydrogen-bond acceptors (Lipinski definition) is 3. The van der Waals surface area contributed by atoms with Crippen LogP contribution in [0.2, 0.25) is 0 Å². The minimum Gasteiger partial charge on any atom is -0.396 e. The summed E-state index contributed by atoms with van der Waals surface area (Å²) in [6, 6.07) is 0. The van der Waals surface area contributed by atoms with E-state index in [4.69, 9.17) is 5.11 Å². The van der Waals surface area contributed by atoms with Gasteiger partial charge in [-0.1, -0.05) is 6.92 Å². The van der Waals surface area contributed by atoms with Crippen LogP contribution in [-0.4, -0.2) is 36.9 Å². The third-order valence-electron chi connectivity index (χ3n) is 2.32. The zero-order valence-electron chi connectivity index (χ0n) is 10.8. The third kappa shape index (κ3) is 11.8. The fourth-order valence-corrected chi connectivity index (χ4v) is 1.32. The average molecular weight is 216 g/mol. The number of hydrogen-bond donors (Lipinski definition) is 3. The summed E-state index contributed by atoms with van der Waals surface area (Å²) in [7, 11) is 0. The second kappa shape index (κ2) is 8.08. The van der Waals surface area contributed by atoms with Gasteiger partial charge in [0.15, 0.2) is 0 Å². The van der Waals surface area contributed by atoms with E-state index < -0.39 is 0 Å². The van der Waals surface area contributed by atoms with Crippen molar-refractivity contribution in [2.75, 3.05) is 26.2 Å². The van der Waals surface area contributed by atoms with Gasteiger partial charge in [0.2, 0.25) is 0 Å². The van der Waals surface area contributed by atoms with E-state index in [0.29, 0.717) is 12.5 Å². The van der Waals surface area contributed by atoms with Crippen molar-refractivity contribution in [1.29, 1.82) is 0 Å². The van der Waals surface area contributed by atoms with Crippen molar-refractivity contribution >= 4 is 0 Å². The molecule has 1 atom stereocenters. The molecule has 0 rings (SSSR count). The number of aliphatic hydroxyl groups is 1. The topological polar surface area (TPSA) is 44.3 Å². The molecule has 0 aliphatic heterocycles. The van der Waals surface area contributed by atoms with Crippen molar-refractivity contribution in [3.8, 4) is 0 Å². The lowest BCUT2D eigenvalue weighted by Gasteiger charge is -2.20. The summed E-state index contributed by atoms with van der Waals surface area (Å²) in [5.74, 6) is 0.444. The van der Waals surface area contributed by atoms with Crippen LogP contribution < -0.4 is 10.6 Å². The van der Waals surface area contributed by atoms with Gasteiger partial charge < -0.3 is 15.7 Å². The normalized spacial score (nSPS) is 14.2. The molecule has 0 saturated heterocycles. The fourth-order valence-electron chi connectivity index (χ4n) is 1.32. The predicted molar refractivity (Wildman–Crippen MR) is 66.1 cm³/mol. The zero-order chi connectivity index (χ0) is 11.7. The van der Waals surface area contributed by atoms with Crippen LogP contribution in [0.5, 0.6) is 0 Å². The van der Waals surface area contributed by atoms with Gasteiger partial charge >= 0.3 is 0 Å². The molecule has 0 fully saturated rings. The Morgan fingerprint density at radius 1 is 1.13 bits per heavy atom. The molecule has 0 aromatic heterocycles. The molecule has 0 radical (unpaired) electrons. The van der Waals surface area contributed by atoms with Gasteiger partial charge in [0.25, 0.3) is 0 Å². The van der Waals surface area contributed by atoms with Crippen molar-refractivity contribution in [1.82, 2.24) is 10.6 Å². The highest BCUT2D eigenvalue weighted by Gasteiger charge is 2.06. The van der Waals surface area contributed by atoms with Crippen LogP contribution in [-0.2, 0) is 0 Å². The summed E-state index contributed by atoms with van der Waals surface area (Å²) in [6.45, 7) is 12.0. The Morgan fingerprint density at radius 3 is 2.33 bits per heavy atom. The van der Waals surface area contributed by atoms with Gasteiger partial charge in [-0.3, -0.25) is 0 Å². The lowest BCUT2D eigenvalue weighted by atomic mass is 10.1. The maximum Gasteiger partial charge on any atom is 0.0456 e. The van der Waals surface area contributed by atoms with Crippen molar-refractivity contribution in [3.05, 3.63) is 0 Å². The van der Waals surface area contributed by atoms with E-state index in [9.17, 15) is 0 Å². The van der Waals surface area contributed by atoms with Crippen LogP contribution in [0.1, 0.15) is 40.5 Å². The molecule has 0 bridgehead atoms. The lowest BCUT2D eigenvalue weighted by molar-refractivity contribution is 0.228. The van der Waals surface area contributed by atoms with E-state index in [-0.39, 0.29) is 5.54 Å². The Labute approximate surface area is 94.6 Å². The van der Waals surface area contributed by atoms with Crippen LogP contribution in [0.25, 0.3) is 0 Å². The van der Waals surface area contributed by atoms with E-state index in [0.717, 1.165) is 32.5 Å². The molecule has 0 aromatic rings. The molecular weight excluding hydrogens is 188 g/mol. The van der Waals surface area contributed by atoms with E-state index in [1.54, 1.807) is 0 Å². The average Bonchev–Trinajstić information content (AvgIpc) is 2.14. The van der Waals surface area contributed by atoms with Gasteiger partial charge in [0.1, 0.15) is 0 Å². The first-order chi connectivity index (χ1) is 6.95. The highest BCUT2D eigenvalue weighted by atomic mass is 16.3. The molecule has 15 heavy (non-hydrogen) atoms. The standard InChI is InChI=1S/C12H28N2O/c1-11(10-15)6-5-7-13-8-9-14-12(2,3)4/h11,13-15H,5-10H2,1-4H3. The van der Waals surface area contributed by atoms with E-state index >= 15 is 0 Å². The Bertz CT molecular complexity index is 143. The summed E-state index contributed by atoms with van der Waals surface area (Å²) in [6.07, 6.45) is 2.26. The highest BCUT2D eigenvalue weighted by Crippen LogP contribution is 2.02. The van der Waals surface area contributed by atoms with Gasteiger partial charge in [0, 0.05) is 25.2 Å². The molecule has 3 nitrogen and oxygen atoms in total. The quantitative estimate of drug-likeness (QED) is 0.537. The van der Waals surface area contributed by atoms with Crippen LogP contribution >= 0.6 is 0 Å². The Balaban J connectivity index is 3.12. The monoisotopic (exact) mass is 216 g/mol. The molecule has 0 spiro atoms. The van der Waals surface area contributed by atoms with Crippen LogP contribution in [0.15, 0.2) is 0 Å². The molecular formula is C12H28N2O. The van der Waals surface area contributed by atoms with Crippen LogP contribution in [0.4, 0.5) is 0 Å². The van der Waals surface area contributed by atoms with Gasteiger partial charge in [-0.2, -0.15) is 0 Å². The molecule has 3 N–H and O–H groups in total. The second-order valence-corrected chi connectivity index (χ2v) is 5.36. The van der Waals surface area contributed by atoms with E-state index in [1.165, 1.54) is 0 Å².